The van der Waals surface area contributed by atoms with Crippen molar-refractivity contribution in [2.24, 2.45) is 5.92 Å². The fraction of sp³-hybridized carbons (Fsp3) is 0.400. The topological polar surface area (TPSA) is 69.0 Å². The smallest absolute Gasteiger partial charge is 0.336 e. The summed E-state index contributed by atoms with van der Waals surface area (Å²) in [7, 11) is 0. The Morgan fingerprint density at radius 3 is 2.48 bits per heavy atom. The number of ether oxygens (including phenoxy) is 1. The van der Waals surface area contributed by atoms with Gasteiger partial charge in [0.2, 0.25) is 5.91 Å². The van der Waals surface area contributed by atoms with Gasteiger partial charge in [-0.2, -0.15) is 4.98 Å². The monoisotopic (exact) mass is 418 g/mol. The van der Waals surface area contributed by atoms with Crippen molar-refractivity contribution < 1.29 is 9.53 Å². The van der Waals surface area contributed by atoms with E-state index in [9.17, 15) is 4.79 Å². The molecule has 1 amide bonds. The van der Waals surface area contributed by atoms with Crippen LogP contribution >= 0.6 is 0 Å². The zero-order valence-electron chi connectivity index (χ0n) is 18.3. The van der Waals surface area contributed by atoms with Crippen LogP contribution in [0.5, 0.6) is 6.01 Å². The average molecular weight is 419 g/mol. The van der Waals surface area contributed by atoms with Gasteiger partial charge in [-0.3, -0.25) is 4.79 Å². The largest absolute Gasteiger partial charge is 0.463 e. The van der Waals surface area contributed by atoms with Gasteiger partial charge in [-0.1, -0.05) is 55.5 Å². The molecule has 1 saturated carbocycles. The van der Waals surface area contributed by atoms with Crippen molar-refractivity contribution in [1.29, 1.82) is 0 Å². The Hall–Kier alpha value is -3.15. The highest BCUT2D eigenvalue weighted by Crippen LogP contribution is 2.29. The molecule has 0 unspecified atom stereocenters. The molecular formula is C25H30N4O2. The normalized spacial score (nSPS) is 14.0. The number of carbonyl (C=O) groups is 1. The molecular weight excluding hydrogens is 388 g/mol. The third-order valence-electron chi connectivity index (χ3n) is 5.82. The van der Waals surface area contributed by atoms with Crippen LogP contribution in [-0.2, 0) is 4.79 Å². The first-order chi connectivity index (χ1) is 15.1. The molecule has 1 fully saturated rings. The number of benzene rings is 2. The Balaban J connectivity index is 1.48. The number of carbonyl (C=O) groups excluding carboxylic acids is 1. The van der Waals surface area contributed by atoms with Gasteiger partial charge in [0.05, 0.1) is 12.3 Å². The third kappa shape index (κ3) is 5.32. The maximum absolute atomic E-state index is 12.3. The van der Waals surface area contributed by atoms with E-state index in [1.54, 1.807) is 4.68 Å². The Labute approximate surface area is 183 Å². The minimum Gasteiger partial charge on any atom is -0.463 e. The van der Waals surface area contributed by atoms with Crippen LogP contribution in [0.15, 0.2) is 48.5 Å². The van der Waals surface area contributed by atoms with E-state index in [1.807, 2.05) is 43.3 Å². The summed E-state index contributed by atoms with van der Waals surface area (Å²) in [6, 6.07) is 16.2. The van der Waals surface area contributed by atoms with E-state index < -0.39 is 0 Å². The second kappa shape index (κ2) is 9.77. The summed E-state index contributed by atoms with van der Waals surface area (Å²) in [5.74, 6) is 1.52. The van der Waals surface area contributed by atoms with Gasteiger partial charge in [0.15, 0.2) is 5.82 Å². The summed E-state index contributed by atoms with van der Waals surface area (Å²) in [6.45, 7) is 4.47. The Morgan fingerprint density at radius 2 is 1.81 bits per heavy atom. The van der Waals surface area contributed by atoms with Crippen molar-refractivity contribution in [3.05, 3.63) is 54.1 Å². The molecule has 0 saturated heterocycles. The molecule has 162 valence electrons. The van der Waals surface area contributed by atoms with Gasteiger partial charge in [-0.05, 0) is 50.5 Å². The van der Waals surface area contributed by atoms with E-state index in [0.717, 1.165) is 35.1 Å². The van der Waals surface area contributed by atoms with Crippen molar-refractivity contribution in [3.63, 3.8) is 0 Å². The number of hydrogen-bond acceptors (Lipinski definition) is 4. The van der Waals surface area contributed by atoms with Gasteiger partial charge in [-0.15, -0.1) is 5.10 Å². The maximum Gasteiger partial charge on any atom is 0.336 e. The van der Waals surface area contributed by atoms with Crippen molar-refractivity contribution >= 4 is 11.6 Å². The summed E-state index contributed by atoms with van der Waals surface area (Å²) in [6.07, 6.45) is 6.74. The summed E-state index contributed by atoms with van der Waals surface area (Å²) in [5.41, 5.74) is 3.81. The first-order valence-corrected chi connectivity index (χ1v) is 11.2. The van der Waals surface area contributed by atoms with E-state index in [-0.39, 0.29) is 5.91 Å². The van der Waals surface area contributed by atoms with E-state index >= 15 is 0 Å². The first kappa shape index (κ1) is 21.1. The molecule has 1 aliphatic rings. The SMILES string of the molecule is CCOc1nc(-c2ccc(C)cc2)n(-c2ccc(NC(=O)CCC3CCCC3)cc2)n1. The highest BCUT2D eigenvalue weighted by Gasteiger charge is 2.17. The maximum atomic E-state index is 12.3. The highest BCUT2D eigenvalue weighted by molar-refractivity contribution is 5.90. The van der Waals surface area contributed by atoms with Gasteiger partial charge in [0.25, 0.3) is 0 Å². The molecule has 0 radical (unpaired) electrons. The predicted octanol–water partition coefficient (Wildman–Crippen LogP) is 5.55. The van der Waals surface area contributed by atoms with E-state index in [2.05, 4.69) is 34.5 Å². The molecule has 3 aromatic rings. The molecule has 0 aliphatic heterocycles. The Morgan fingerprint density at radius 1 is 1.10 bits per heavy atom. The molecule has 2 aromatic carbocycles. The fourth-order valence-corrected chi connectivity index (χ4v) is 4.10. The molecule has 1 aliphatic carbocycles. The van der Waals surface area contributed by atoms with Crippen LogP contribution in [0.3, 0.4) is 0 Å². The molecule has 1 aromatic heterocycles. The molecule has 0 spiro atoms. The third-order valence-corrected chi connectivity index (χ3v) is 5.82. The molecule has 31 heavy (non-hydrogen) atoms. The van der Waals surface area contributed by atoms with Crippen molar-refractivity contribution in [3.8, 4) is 23.1 Å². The van der Waals surface area contributed by atoms with Crippen LogP contribution in [0.4, 0.5) is 5.69 Å². The molecule has 4 rings (SSSR count). The lowest BCUT2D eigenvalue weighted by Gasteiger charge is -2.10. The molecule has 6 heteroatoms. The molecule has 0 bridgehead atoms. The summed E-state index contributed by atoms with van der Waals surface area (Å²) in [5, 5.41) is 7.54. The van der Waals surface area contributed by atoms with Crippen LogP contribution in [-0.4, -0.2) is 27.3 Å². The van der Waals surface area contributed by atoms with Gasteiger partial charge >= 0.3 is 6.01 Å². The first-order valence-electron chi connectivity index (χ1n) is 11.2. The van der Waals surface area contributed by atoms with E-state index in [4.69, 9.17) is 4.74 Å². The second-order valence-electron chi connectivity index (χ2n) is 8.21. The van der Waals surface area contributed by atoms with Crippen LogP contribution in [0.2, 0.25) is 0 Å². The van der Waals surface area contributed by atoms with E-state index in [1.165, 1.54) is 31.2 Å². The number of aryl methyl sites for hydroxylation is 1. The number of hydrogen-bond donors (Lipinski definition) is 1. The summed E-state index contributed by atoms with van der Waals surface area (Å²) < 4.78 is 7.32. The number of aromatic nitrogens is 3. The predicted molar refractivity (Wildman–Crippen MR) is 123 cm³/mol. The molecule has 0 atom stereocenters. The summed E-state index contributed by atoms with van der Waals surface area (Å²) >= 11 is 0. The van der Waals surface area contributed by atoms with Gasteiger partial charge in [0, 0.05) is 17.7 Å². The zero-order valence-corrected chi connectivity index (χ0v) is 18.3. The van der Waals surface area contributed by atoms with Gasteiger partial charge in [-0.25, -0.2) is 4.68 Å². The quantitative estimate of drug-likeness (QED) is 0.521. The van der Waals surface area contributed by atoms with Crippen molar-refractivity contribution in [1.82, 2.24) is 14.8 Å². The molecule has 6 nitrogen and oxygen atoms in total. The lowest BCUT2D eigenvalue weighted by atomic mass is 10.0. The van der Waals surface area contributed by atoms with Crippen molar-refractivity contribution in [2.75, 3.05) is 11.9 Å². The summed E-state index contributed by atoms with van der Waals surface area (Å²) in [4.78, 5) is 16.9. The van der Waals surface area contributed by atoms with Gasteiger partial charge in [0.1, 0.15) is 0 Å². The van der Waals surface area contributed by atoms with Crippen LogP contribution in [0, 0.1) is 12.8 Å². The van der Waals surface area contributed by atoms with Crippen LogP contribution in [0.1, 0.15) is 51.0 Å². The molecule has 1 N–H and O–H groups in total. The van der Waals surface area contributed by atoms with Crippen molar-refractivity contribution in [2.45, 2.75) is 52.4 Å². The zero-order chi connectivity index (χ0) is 21.6. The molecule has 1 heterocycles. The van der Waals surface area contributed by atoms with Gasteiger partial charge < -0.3 is 10.1 Å². The fourth-order valence-electron chi connectivity index (χ4n) is 4.10. The number of amides is 1. The minimum absolute atomic E-state index is 0.0828. The van der Waals surface area contributed by atoms with Crippen LogP contribution < -0.4 is 10.1 Å². The number of nitrogens with zero attached hydrogens (tertiary/aromatic N) is 3. The Kier molecular flexibility index (Phi) is 6.65. The minimum atomic E-state index is 0.0828. The Bertz CT molecular complexity index is 1000. The number of nitrogens with one attached hydrogen (secondary N) is 1. The number of rotatable bonds is 8. The lowest BCUT2D eigenvalue weighted by molar-refractivity contribution is -0.116. The number of anilines is 1. The standard InChI is InChI=1S/C25H30N4O2/c1-3-31-25-27-24(20-11-8-18(2)9-12-20)29(28-25)22-15-13-21(14-16-22)26-23(30)17-10-19-6-4-5-7-19/h8-9,11-16,19H,3-7,10,17H2,1-2H3,(H,26,30). The highest BCUT2D eigenvalue weighted by atomic mass is 16.5. The van der Waals surface area contributed by atoms with Crippen LogP contribution in [0.25, 0.3) is 17.1 Å². The van der Waals surface area contributed by atoms with E-state index in [0.29, 0.717) is 19.0 Å². The lowest BCUT2D eigenvalue weighted by Crippen LogP contribution is -2.12. The second-order valence-corrected chi connectivity index (χ2v) is 8.21. The average Bonchev–Trinajstić information content (AvgIpc) is 3.44.